The molecule has 1 unspecified atom stereocenters. The molecule has 1 atom stereocenters. The lowest BCUT2D eigenvalue weighted by Gasteiger charge is -2.09. The highest BCUT2D eigenvalue weighted by Crippen LogP contribution is 2.20. The number of oxazole rings is 1. The molecule has 0 amide bonds. The highest BCUT2D eigenvalue weighted by molar-refractivity contribution is 6.02. The number of Topliss-reactive ketones (excluding diaryl/α,β-unsaturated/α-hetero) is 1. The Balaban J connectivity index is 2.03. The number of benzene rings is 1. The second-order valence-corrected chi connectivity index (χ2v) is 5.53. The molecule has 5 heteroatoms. The van der Waals surface area contributed by atoms with Gasteiger partial charge in [-0.05, 0) is 51.4 Å². The Hall–Kier alpha value is -1.88. The van der Waals surface area contributed by atoms with Crippen molar-refractivity contribution in [2.24, 2.45) is 0 Å². The van der Waals surface area contributed by atoms with Crippen molar-refractivity contribution in [3.05, 3.63) is 34.3 Å². The van der Waals surface area contributed by atoms with E-state index in [4.69, 9.17) is 4.42 Å². The van der Waals surface area contributed by atoms with Gasteiger partial charge in [0.15, 0.2) is 11.4 Å². The zero-order chi connectivity index (χ0) is 14.3. The van der Waals surface area contributed by atoms with E-state index in [1.807, 2.05) is 13.8 Å². The summed E-state index contributed by atoms with van der Waals surface area (Å²) in [6.07, 6.45) is 1.89. The molecule has 0 spiro atoms. The minimum absolute atomic E-state index is 0.0294. The third kappa shape index (κ3) is 2.08. The Kier molecular flexibility index (Phi) is 3.22. The summed E-state index contributed by atoms with van der Waals surface area (Å²) in [4.78, 5) is 24.1. The number of carbonyl (C=O) groups excluding carboxylic acids is 1. The van der Waals surface area contributed by atoms with E-state index in [0.717, 1.165) is 24.9 Å². The monoisotopic (exact) mass is 274 g/mol. The van der Waals surface area contributed by atoms with Crippen LogP contribution >= 0.6 is 0 Å². The molecule has 0 aliphatic carbocycles. The predicted octanol–water partition coefficient (Wildman–Crippen LogP) is 2.11. The van der Waals surface area contributed by atoms with Crippen molar-refractivity contribution < 1.29 is 9.21 Å². The molecule has 0 radical (unpaired) electrons. The van der Waals surface area contributed by atoms with E-state index >= 15 is 0 Å². The minimum atomic E-state index is -0.376. The normalized spacial score (nSPS) is 19.1. The van der Waals surface area contributed by atoms with Gasteiger partial charge in [0.1, 0.15) is 0 Å². The number of hydrogen-bond donors (Lipinski definition) is 1. The standard InChI is InChI=1S/C15H18N2O3/c1-9(2)17-12-6-5-10(8-13(12)20-15(17)19)14(18)11-4-3-7-16-11/h5-6,8-9,11,16H,3-4,7H2,1-2H3. The lowest BCUT2D eigenvalue weighted by molar-refractivity contribution is 0.0952. The van der Waals surface area contributed by atoms with Crippen LogP contribution in [-0.4, -0.2) is 22.9 Å². The van der Waals surface area contributed by atoms with Gasteiger partial charge in [0.25, 0.3) is 0 Å². The van der Waals surface area contributed by atoms with Crippen LogP contribution < -0.4 is 11.1 Å². The van der Waals surface area contributed by atoms with Gasteiger partial charge in [-0.25, -0.2) is 4.79 Å². The van der Waals surface area contributed by atoms with Crippen LogP contribution in [-0.2, 0) is 0 Å². The molecule has 106 valence electrons. The lowest BCUT2D eigenvalue weighted by Crippen LogP contribution is -2.30. The summed E-state index contributed by atoms with van der Waals surface area (Å²) in [5.74, 6) is -0.303. The van der Waals surface area contributed by atoms with Crippen LogP contribution in [0.2, 0.25) is 0 Å². The van der Waals surface area contributed by atoms with Gasteiger partial charge in [0, 0.05) is 11.6 Å². The molecule has 5 nitrogen and oxygen atoms in total. The fraction of sp³-hybridized carbons (Fsp3) is 0.467. The van der Waals surface area contributed by atoms with Gasteiger partial charge in [0.05, 0.1) is 11.6 Å². The highest BCUT2D eigenvalue weighted by Gasteiger charge is 2.24. The van der Waals surface area contributed by atoms with Crippen molar-refractivity contribution in [2.75, 3.05) is 6.54 Å². The summed E-state index contributed by atoms with van der Waals surface area (Å²) >= 11 is 0. The molecule has 0 bridgehead atoms. The van der Waals surface area contributed by atoms with Crippen LogP contribution in [0.25, 0.3) is 11.1 Å². The van der Waals surface area contributed by atoms with Crippen molar-refractivity contribution in [2.45, 2.75) is 38.8 Å². The first kappa shape index (κ1) is 13.1. The van der Waals surface area contributed by atoms with E-state index in [-0.39, 0.29) is 23.6 Å². The summed E-state index contributed by atoms with van der Waals surface area (Å²) in [7, 11) is 0. The Morgan fingerprint density at radius 2 is 2.25 bits per heavy atom. The second-order valence-electron chi connectivity index (χ2n) is 5.53. The van der Waals surface area contributed by atoms with E-state index in [9.17, 15) is 9.59 Å². The van der Waals surface area contributed by atoms with Crippen LogP contribution in [0, 0.1) is 0 Å². The van der Waals surface area contributed by atoms with E-state index in [1.165, 1.54) is 0 Å². The highest BCUT2D eigenvalue weighted by atomic mass is 16.4. The van der Waals surface area contributed by atoms with Crippen molar-refractivity contribution in [3.8, 4) is 0 Å². The Bertz CT molecular complexity index is 705. The predicted molar refractivity (Wildman–Crippen MR) is 76.2 cm³/mol. The first-order valence-corrected chi connectivity index (χ1v) is 7.00. The molecule has 0 saturated carbocycles. The van der Waals surface area contributed by atoms with Gasteiger partial charge in [-0.3, -0.25) is 9.36 Å². The summed E-state index contributed by atoms with van der Waals surface area (Å²) in [6.45, 7) is 4.74. The molecule has 2 aromatic rings. The van der Waals surface area contributed by atoms with E-state index in [2.05, 4.69) is 5.32 Å². The quantitative estimate of drug-likeness (QED) is 0.871. The molecular formula is C15H18N2O3. The van der Waals surface area contributed by atoms with Gasteiger partial charge < -0.3 is 9.73 Å². The maximum atomic E-state index is 12.3. The number of aromatic nitrogens is 1. The molecule has 20 heavy (non-hydrogen) atoms. The maximum absolute atomic E-state index is 12.3. The van der Waals surface area contributed by atoms with Crippen molar-refractivity contribution in [3.63, 3.8) is 0 Å². The Labute approximate surface area is 116 Å². The molecule has 1 aromatic heterocycles. The number of hydrogen-bond acceptors (Lipinski definition) is 4. The topological polar surface area (TPSA) is 64.2 Å². The molecule has 1 aromatic carbocycles. The molecule has 1 aliphatic heterocycles. The third-order valence-electron chi connectivity index (χ3n) is 3.79. The van der Waals surface area contributed by atoms with Crippen LogP contribution in [0.1, 0.15) is 43.1 Å². The fourth-order valence-electron chi connectivity index (χ4n) is 2.79. The third-order valence-corrected chi connectivity index (χ3v) is 3.79. The number of ketones is 1. The summed E-state index contributed by atoms with van der Waals surface area (Å²) in [5, 5.41) is 3.19. The largest absolute Gasteiger partial charge is 0.420 e. The smallest absolute Gasteiger partial charge is 0.408 e. The average molecular weight is 274 g/mol. The number of nitrogens with zero attached hydrogens (tertiary/aromatic N) is 1. The Morgan fingerprint density at radius 1 is 1.45 bits per heavy atom. The van der Waals surface area contributed by atoms with Gasteiger partial charge in [-0.2, -0.15) is 0 Å². The molecule has 2 heterocycles. The number of nitrogens with one attached hydrogen (secondary N) is 1. The fourth-order valence-corrected chi connectivity index (χ4v) is 2.79. The molecule has 1 saturated heterocycles. The lowest BCUT2D eigenvalue weighted by atomic mass is 10.0. The number of rotatable bonds is 3. The van der Waals surface area contributed by atoms with Gasteiger partial charge in [-0.1, -0.05) is 0 Å². The van der Waals surface area contributed by atoms with Crippen molar-refractivity contribution >= 4 is 16.9 Å². The number of fused-ring (bicyclic) bond motifs is 1. The SMILES string of the molecule is CC(C)n1c(=O)oc2cc(C(=O)C3CCCN3)ccc21. The summed E-state index contributed by atoms with van der Waals surface area (Å²) in [5.41, 5.74) is 1.81. The van der Waals surface area contributed by atoms with E-state index in [1.54, 1.807) is 22.8 Å². The van der Waals surface area contributed by atoms with Crippen LogP contribution in [0.3, 0.4) is 0 Å². The van der Waals surface area contributed by atoms with Crippen LogP contribution in [0.4, 0.5) is 0 Å². The Morgan fingerprint density at radius 3 is 2.90 bits per heavy atom. The van der Waals surface area contributed by atoms with Gasteiger partial charge in [0.2, 0.25) is 0 Å². The zero-order valence-electron chi connectivity index (χ0n) is 11.7. The van der Waals surface area contributed by atoms with Crippen molar-refractivity contribution in [1.82, 2.24) is 9.88 Å². The average Bonchev–Trinajstić information content (AvgIpc) is 3.02. The summed E-state index contributed by atoms with van der Waals surface area (Å²) < 4.78 is 6.84. The zero-order valence-corrected chi connectivity index (χ0v) is 11.7. The first-order chi connectivity index (χ1) is 9.58. The molecule has 1 N–H and O–H groups in total. The van der Waals surface area contributed by atoms with Gasteiger partial charge >= 0.3 is 5.76 Å². The number of carbonyl (C=O) groups is 1. The second kappa shape index (κ2) is 4.90. The molecular weight excluding hydrogens is 256 g/mol. The van der Waals surface area contributed by atoms with E-state index < -0.39 is 0 Å². The summed E-state index contributed by atoms with van der Waals surface area (Å²) in [6, 6.07) is 5.17. The van der Waals surface area contributed by atoms with Crippen LogP contribution in [0.15, 0.2) is 27.4 Å². The first-order valence-electron chi connectivity index (χ1n) is 7.00. The minimum Gasteiger partial charge on any atom is -0.408 e. The molecule has 1 aliphatic rings. The van der Waals surface area contributed by atoms with Crippen LogP contribution in [0.5, 0.6) is 0 Å². The van der Waals surface area contributed by atoms with Gasteiger partial charge in [-0.15, -0.1) is 0 Å². The molecule has 3 rings (SSSR count). The van der Waals surface area contributed by atoms with E-state index in [0.29, 0.717) is 11.1 Å². The van der Waals surface area contributed by atoms with Crippen molar-refractivity contribution in [1.29, 1.82) is 0 Å². The molecule has 1 fully saturated rings. The maximum Gasteiger partial charge on any atom is 0.420 e.